The van der Waals surface area contributed by atoms with Crippen molar-refractivity contribution >= 4 is 5.95 Å². The van der Waals surface area contributed by atoms with Gasteiger partial charge in [-0.15, -0.1) is 0 Å². The summed E-state index contributed by atoms with van der Waals surface area (Å²) in [6.45, 7) is 3.38. The van der Waals surface area contributed by atoms with Crippen LogP contribution in [0.15, 0.2) is 30.5 Å². The zero-order valence-corrected chi connectivity index (χ0v) is 10.4. The summed E-state index contributed by atoms with van der Waals surface area (Å²) in [5, 5.41) is 3.17. The maximum absolute atomic E-state index is 5.45. The molecule has 0 aromatic carbocycles. The maximum Gasteiger partial charge on any atom is 0.223 e. The van der Waals surface area contributed by atoms with Crippen molar-refractivity contribution < 1.29 is 0 Å². The van der Waals surface area contributed by atoms with Crippen molar-refractivity contribution in [2.24, 2.45) is 5.73 Å². The Morgan fingerprint density at radius 2 is 2.11 bits per heavy atom. The first-order chi connectivity index (χ1) is 8.79. The van der Waals surface area contributed by atoms with Crippen molar-refractivity contribution in [3.63, 3.8) is 0 Å². The fourth-order valence-corrected chi connectivity index (χ4v) is 1.60. The van der Waals surface area contributed by atoms with Gasteiger partial charge in [-0.3, -0.25) is 4.98 Å². The van der Waals surface area contributed by atoms with Crippen LogP contribution in [-0.2, 0) is 0 Å². The third-order valence-corrected chi connectivity index (χ3v) is 2.45. The van der Waals surface area contributed by atoms with Crippen molar-refractivity contribution in [2.45, 2.75) is 13.3 Å². The number of rotatable bonds is 5. The Balaban J connectivity index is 2.21. The van der Waals surface area contributed by atoms with E-state index in [1.165, 1.54) is 0 Å². The van der Waals surface area contributed by atoms with Crippen LogP contribution in [0.25, 0.3) is 11.4 Å². The van der Waals surface area contributed by atoms with Gasteiger partial charge in [-0.25, -0.2) is 9.97 Å². The molecule has 0 fully saturated rings. The molecule has 0 unspecified atom stereocenters. The summed E-state index contributed by atoms with van der Waals surface area (Å²) in [5.41, 5.74) is 8.05. The van der Waals surface area contributed by atoms with E-state index in [-0.39, 0.29) is 0 Å². The molecule has 18 heavy (non-hydrogen) atoms. The van der Waals surface area contributed by atoms with Gasteiger partial charge in [0, 0.05) is 18.4 Å². The Kier molecular flexibility index (Phi) is 4.20. The fourth-order valence-electron chi connectivity index (χ4n) is 1.60. The first kappa shape index (κ1) is 12.4. The smallest absolute Gasteiger partial charge is 0.223 e. The highest BCUT2D eigenvalue weighted by atomic mass is 15.1. The second-order valence-corrected chi connectivity index (χ2v) is 4.00. The molecule has 0 amide bonds. The summed E-state index contributed by atoms with van der Waals surface area (Å²) in [6.07, 6.45) is 2.66. The van der Waals surface area contributed by atoms with Gasteiger partial charge in [0.1, 0.15) is 0 Å². The van der Waals surface area contributed by atoms with Crippen LogP contribution in [0.2, 0.25) is 0 Å². The summed E-state index contributed by atoms with van der Waals surface area (Å²) in [7, 11) is 0. The van der Waals surface area contributed by atoms with Crippen LogP contribution in [0.5, 0.6) is 0 Å². The summed E-state index contributed by atoms with van der Waals surface area (Å²) in [5.74, 6) is 0.629. The molecule has 0 radical (unpaired) electrons. The van der Waals surface area contributed by atoms with E-state index in [9.17, 15) is 0 Å². The van der Waals surface area contributed by atoms with Crippen LogP contribution < -0.4 is 11.1 Å². The van der Waals surface area contributed by atoms with Gasteiger partial charge in [-0.05, 0) is 38.1 Å². The molecular formula is C13H17N5. The predicted octanol–water partition coefficient (Wildman–Crippen LogP) is 1.61. The van der Waals surface area contributed by atoms with Crippen LogP contribution in [0, 0.1) is 6.92 Å². The zero-order valence-electron chi connectivity index (χ0n) is 10.4. The average Bonchev–Trinajstić information content (AvgIpc) is 2.39. The van der Waals surface area contributed by atoms with Crippen LogP contribution >= 0.6 is 0 Å². The van der Waals surface area contributed by atoms with Crippen molar-refractivity contribution in [1.82, 2.24) is 15.0 Å². The molecule has 0 saturated heterocycles. The van der Waals surface area contributed by atoms with Crippen LogP contribution in [0.3, 0.4) is 0 Å². The lowest BCUT2D eigenvalue weighted by atomic mass is 10.2. The van der Waals surface area contributed by atoms with E-state index < -0.39 is 0 Å². The Morgan fingerprint density at radius 3 is 2.83 bits per heavy atom. The van der Waals surface area contributed by atoms with Gasteiger partial charge in [-0.1, -0.05) is 6.07 Å². The molecule has 5 nitrogen and oxygen atoms in total. The van der Waals surface area contributed by atoms with Crippen molar-refractivity contribution in [2.75, 3.05) is 18.4 Å². The van der Waals surface area contributed by atoms with Gasteiger partial charge in [0.15, 0.2) is 0 Å². The van der Waals surface area contributed by atoms with Gasteiger partial charge in [0.25, 0.3) is 0 Å². The Labute approximate surface area is 106 Å². The number of hydrogen-bond donors (Lipinski definition) is 2. The molecule has 0 spiro atoms. The van der Waals surface area contributed by atoms with E-state index >= 15 is 0 Å². The quantitative estimate of drug-likeness (QED) is 0.780. The third kappa shape index (κ3) is 3.24. The van der Waals surface area contributed by atoms with Gasteiger partial charge >= 0.3 is 0 Å². The fraction of sp³-hybridized carbons (Fsp3) is 0.308. The number of nitrogens with one attached hydrogen (secondary N) is 1. The molecule has 2 aromatic rings. The van der Waals surface area contributed by atoms with E-state index in [1.54, 1.807) is 6.20 Å². The van der Waals surface area contributed by atoms with Crippen molar-refractivity contribution in [1.29, 1.82) is 0 Å². The molecule has 0 aliphatic heterocycles. The number of aromatic nitrogens is 3. The van der Waals surface area contributed by atoms with E-state index in [4.69, 9.17) is 5.73 Å². The van der Waals surface area contributed by atoms with E-state index in [1.807, 2.05) is 31.2 Å². The minimum absolute atomic E-state index is 0.629. The van der Waals surface area contributed by atoms with Crippen molar-refractivity contribution in [3.8, 4) is 11.4 Å². The largest absolute Gasteiger partial charge is 0.354 e. The lowest BCUT2D eigenvalue weighted by molar-refractivity contribution is 0.862. The molecular weight excluding hydrogens is 226 g/mol. The maximum atomic E-state index is 5.45. The van der Waals surface area contributed by atoms with E-state index in [2.05, 4.69) is 20.3 Å². The SMILES string of the molecule is Cc1cc(-c2ccccn2)nc(NCCCN)n1. The normalized spacial score (nSPS) is 10.3. The highest BCUT2D eigenvalue weighted by Crippen LogP contribution is 2.16. The Bertz CT molecular complexity index is 498. The van der Waals surface area contributed by atoms with Gasteiger partial charge in [0.05, 0.1) is 11.4 Å². The summed E-state index contributed by atoms with van der Waals surface area (Å²) >= 11 is 0. The van der Waals surface area contributed by atoms with E-state index in [0.717, 1.165) is 30.0 Å². The molecule has 0 aliphatic rings. The number of hydrogen-bond acceptors (Lipinski definition) is 5. The van der Waals surface area contributed by atoms with Gasteiger partial charge in [-0.2, -0.15) is 0 Å². The molecule has 0 bridgehead atoms. The van der Waals surface area contributed by atoms with E-state index in [0.29, 0.717) is 12.5 Å². The first-order valence-corrected chi connectivity index (χ1v) is 6.00. The molecule has 3 N–H and O–H groups in total. The number of aryl methyl sites for hydroxylation is 1. The van der Waals surface area contributed by atoms with Crippen LogP contribution in [0.1, 0.15) is 12.1 Å². The third-order valence-electron chi connectivity index (χ3n) is 2.45. The van der Waals surface area contributed by atoms with Crippen LogP contribution in [-0.4, -0.2) is 28.0 Å². The highest BCUT2D eigenvalue weighted by Gasteiger charge is 2.04. The van der Waals surface area contributed by atoms with Crippen LogP contribution in [0.4, 0.5) is 5.95 Å². The number of nitrogens with zero attached hydrogens (tertiary/aromatic N) is 3. The lowest BCUT2D eigenvalue weighted by Crippen LogP contribution is -2.11. The number of pyridine rings is 1. The average molecular weight is 243 g/mol. The monoisotopic (exact) mass is 243 g/mol. The number of nitrogens with two attached hydrogens (primary N) is 1. The topological polar surface area (TPSA) is 76.7 Å². The lowest BCUT2D eigenvalue weighted by Gasteiger charge is -2.07. The summed E-state index contributed by atoms with van der Waals surface area (Å²) < 4.78 is 0. The predicted molar refractivity (Wildman–Crippen MR) is 72.2 cm³/mol. The molecule has 94 valence electrons. The zero-order chi connectivity index (χ0) is 12.8. The number of anilines is 1. The highest BCUT2D eigenvalue weighted by molar-refractivity contribution is 5.55. The molecule has 2 heterocycles. The molecule has 5 heteroatoms. The minimum atomic E-state index is 0.629. The minimum Gasteiger partial charge on any atom is -0.354 e. The second-order valence-electron chi connectivity index (χ2n) is 4.00. The van der Waals surface area contributed by atoms with Gasteiger partial charge in [0.2, 0.25) is 5.95 Å². The molecule has 2 rings (SSSR count). The Morgan fingerprint density at radius 1 is 1.22 bits per heavy atom. The first-order valence-electron chi connectivity index (χ1n) is 6.00. The second kappa shape index (κ2) is 6.07. The standard InChI is InChI=1S/C13H17N5/c1-10-9-12(11-5-2-3-7-15-11)18-13(17-10)16-8-4-6-14/h2-3,5,7,9H,4,6,8,14H2,1H3,(H,16,17,18). The molecule has 0 aliphatic carbocycles. The van der Waals surface area contributed by atoms with Gasteiger partial charge < -0.3 is 11.1 Å². The summed E-state index contributed by atoms with van der Waals surface area (Å²) in [4.78, 5) is 13.1. The molecule has 0 saturated carbocycles. The van der Waals surface area contributed by atoms with Crippen molar-refractivity contribution in [3.05, 3.63) is 36.2 Å². The molecule has 0 atom stereocenters. The molecule has 2 aromatic heterocycles. The Hall–Kier alpha value is -2.01. The summed E-state index contributed by atoms with van der Waals surface area (Å²) in [6, 6.07) is 7.70.